The molecule has 84 valence electrons. The fourth-order valence-electron chi connectivity index (χ4n) is 1.46. The largest absolute Gasteiger partial charge is 0.365 e. The van der Waals surface area contributed by atoms with E-state index in [2.05, 4.69) is 0 Å². The summed E-state index contributed by atoms with van der Waals surface area (Å²) in [5.74, 6) is 0. The van der Waals surface area contributed by atoms with Crippen LogP contribution >= 0.6 is 7.37 Å². The second-order valence-corrected chi connectivity index (χ2v) is 6.18. The van der Waals surface area contributed by atoms with Crippen LogP contribution in [0.5, 0.6) is 0 Å². The van der Waals surface area contributed by atoms with Crippen molar-refractivity contribution in [3.05, 3.63) is 30.3 Å². The average Bonchev–Trinajstić information content (AvgIpc) is 2.18. The van der Waals surface area contributed by atoms with Gasteiger partial charge in [-0.25, -0.2) is 0 Å². The van der Waals surface area contributed by atoms with Crippen LogP contribution in [0.25, 0.3) is 0 Å². The number of anilines is 1. The number of nitrogens with zero attached hydrogens (tertiary/aromatic N) is 1. The molecule has 0 saturated carbocycles. The van der Waals surface area contributed by atoms with E-state index in [4.69, 9.17) is 4.52 Å². The summed E-state index contributed by atoms with van der Waals surface area (Å²) in [6.07, 6.45) is 0.449. The molecule has 0 saturated heterocycles. The van der Waals surface area contributed by atoms with Crippen LogP contribution in [0.15, 0.2) is 30.3 Å². The molecule has 3 nitrogen and oxygen atoms in total. The smallest absolute Gasteiger partial charge is 0.218 e. The lowest BCUT2D eigenvalue weighted by molar-refractivity contribution is 0.337. The summed E-state index contributed by atoms with van der Waals surface area (Å²) in [5, 5.41) is 0. The van der Waals surface area contributed by atoms with Gasteiger partial charge in [-0.15, -0.1) is 0 Å². The Hall–Kier alpha value is -0.790. The topological polar surface area (TPSA) is 29.5 Å². The summed E-state index contributed by atoms with van der Waals surface area (Å²) >= 11 is 0. The third-order valence-corrected chi connectivity index (χ3v) is 3.81. The first-order valence-corrected chi connectivity index (χ1v) is 7.28. The van der Waals surface area contributed by atoms with Crippen molar-refractivity contribution in [3.8, 4) is 0 Å². The van der Waals surface area contributed by atoms with E-state index in [0.717, 1.165) is 5.69 Å². The Morgan fingerprint density at radius 2 is 1.93 bits per heavy atom. The maximum absolute atomic E-state index is 11.9. The van der Waals surface area contributed by atoms with Crippen LogP contribution in [0.1, 0.15) is 6.92 Å². The fraction of sp³-hybridized carbons (Fsp3) is 0.455. The van der Waals surface area contributed by atoms with Crippen molar-refractivity contribution in [3.63, 3.8) is 0 Å². The van der Waals surface area contributed by atoms with E-state index in [1.165, 1.54) is 0 Å². The minimum atomic E-state index is -2.49. The van der Waals surface area contributed by atoms with Crippen LogP contribution in [-0.4, -0.2) is 26.6 Å². The van der Waals surface area contributed by atoms with Gasteiger partial charge in [-0.3, -0.25) is 4.57 Å². The van der Waals surface area contributed by atoms with E-state index in [0.29, 0.717) is 12.9 Å². The van der Waals surface area contributed by atoms with Crippen molar-refractivity contribution in [2.45, 2.75) is 6.92 Å². The maximum atomic E-state index is 11.9. The van der Waals surface area contributed by atoms with Crippen molar-refractivity contribution in [2.75, 3.05) is 31.5 Å². The van der Waals surface area contributed by atoms with Crippen molar-refractivity contribution in [1.29, 1.82) is 0 Å². The van der Waals surface area contributed by atoms with Gasteiger partial charge < -0.3 is 9.42 Å². The first-order chi connectivity index (χ1) is 7.05. The Labute approximate surface area is 91.5 Å². The summed E-state index contributed by atoms with van der Waals surface area (Å²) in [6.45, 7) is 4.03. The number of benzene rings is 1. The average molecular weight is 227 g/mol. The molecule has 0 aromatic heterocycles. The van der Waals surface area contributed by atoms with Gasteiger partial charge >= 0.3 is 0 Å². The molecule has 0 N–H and O–H groups in total. The molecule has 0 aliphatic carbocycles. The van der Waals surface area contributed by atoms with Crippen LogP contribution in [0.4, 0.5) is 5.69 Å². The Morgan fingerprint density at radius 3 is 2.47 bits per heavy atom. The molecule has 15 heavy (non-hydrogen) atoms. The normalized spacial score (nSPS) is 14.6. The van der Waals surface area contributed by atoms with E-state index in [-0.39, 0.29) is 0 Å². The summed E-state index contributed by atoms with van der Waals surface area (Å²) in [5.41, 5.74) is 1.05. The molecule has 0 amide bonds. The second-order valence-electron chi connectivity index (χ2n) is 3.61. The predicted molar refractivity (Wildman–Crippen MR) is 64.9 cm³/mol. The highest BCUT2D eigenvalue weighted by Gasteiger charge is 2.17. The monoisotopic (exact) mass is 227 g/mol. The minimum Gasteiger partial charge on any atom is -0.365 e. The lowest BCUT2D eigenvalue weighted by atomic mass is 10.3. The SMILES string of the molecule is CCOP(C)(=O)CN(C)c1ccccc1. The molecule has 0 fully saturated rings. The first-order valence-electron chi connectivity index (χ1n) is 5.02. The summed E-state index contributed by atoms with van der Waals surface area (Å²) in [7, 11) is -0.567. The van der Waals surface area contributed by atoms with E-state index >= 15 is 0 Å². The van der Waals surface area contributed by atoms with Gasteiger partial charge in [0.1, 0.15) is 0 Å². The highest BCUT2D eigenvalue weighted by Crippen LogP contribution is 2.43. The second kappa shape index (κ2) is 5.34. The number of para-hydroxylation sites is 1. The zero-order valence-electron chi connectivity index (χ0n) is 9.51. The van der Waals surface area contributed by atoms with Crippen molar-refractivity contribution in [1.82, 2.24) is 0 Å². The number of hydrogen-bond donors (Lipinski definition) is 0. The molecule has 0 radical (unpaired) electrons. The highest BCUT2D eigenvalue weighted by molar-refractivity contribution is 7.58. The number of hydrogen-bond acceptors (Lipinski definition) is 3. The van der Waals surface area contributed by atoms with Crippen LogP contribution in [0.3, 0.4) is 0 Å². The molecule has 1 unspecified atom stereocenters. The quantitative estimate of drug-likeness (QED) is 0.724. The van der Waals surface area contributed by atoms with Gasteiger partial charge in [0.05, 0.1) is 12.9 Å². The third kappa shape index (κ3) is 4.06. The summed E-state index contributed by atoms with van der Waals surface area (Å²) < 4.78 is 17.2. The van der Waals surface area contributed by atoms with Crippen LogP contribution in [0.2, 0.25) is 0 Å². The standard InChI is InChI=1S/C11H18NO2P/c1-4-14-15(3,13)10-12(2)11-8-6-5-7-9-11/h5-9H,4,10H2,1-3H3. The molecule has 0 aliphatic heterocycles. The molecule has 1 atom stereocenters. The molecule has 4 heteroatoms. The predicted octanol–water partition coefficient (Wildman–Crippen LogP) is 3.02. The lowest BCUT2D eigenvalue weighted by Gasteiger charge is -2.23. The van der Waals surface area contributed by atoms with Gasteiger partial charge in [0, 0.05) is 19.4 Å². The minimum absolute atomic E-state index is 0.449. The van der Waals surface area contributed by atoms with Gasteiger partial charge in [0.25, 0.3) is 0 Å². The summed E-state index contributed by atoms with van der Waals surface area (Å²) in [4.78, 5) is 1.95. The summed E-state index contributed by atoms with van der Waals surface area (Å²) in [6, 6.07) is 9.88. The molecular formula is C11H18NO2P. The van der Waals surface area contributed by atoms with Crippen LogP contribution in [0, 0.1) is 0 Å². The van der Waals surface area contributed by atoms with E-state index in [1.54, 1.807) is 6.66 Å². The van der Waals surface area contributed by atoms with Gasteiger partial charge in [-0.2, -0.15) is 0 Å². The number of rotatable bonds is 5. The van der Waals surface area contributed by atoms with E-state index < -0.39 is 7.37 Å². The Bertz CT molecular complexity index is 340. The molecule has 0 bridgehead atoms. The van der Waals surface area contributed by atoms with Gasteiger partial charge in [0.2, 0.25) is 7.37 Å². The lowest BCUT2D eigenvalue weighted by Crippen LogP contribution is -2.19. The maximum Gasteiger partial charge on any atom is 0.218 e. The zero-order chi connectivity index (χ0) is 11.3. The molecule has 0 spiro atoms. The van der Waals surface area contributed by atoms with Crippen molar-refractivity contribution >= 4 is 13.1 Å². The first kappa shape index (κ1) is 12.3. The van der Waals surface area contributed by atoms with E-state index in [1.807, 2.05) is 49.2 Å². The van der Waals surface area contributed by atoms with Crippen molar-refractivity contribution < 1.29 is 9.09 Å². The molecule has 1 aromatic rings. The molecule has 0 heterocycles. The molecule has 0 aliphatic rings. The molecule has 1 rings (SSSR count). The fourth-order valence-corrected chi connectivity index (χ4v) is 3.03. The Balaban J connectivity index is 2.64. The Morgan fingerprint density at radius 1 is 1.33 bits per heavy atom. The third-order valence-electron chi connectivity index (χ3n) is 2.07. The highest BCUT2D eigenvalue weighted by atomic mass is 31.2. The van der Waals surface area contributed by atoms with Gasteiger partial charge in [-0.1, -0.05) is 18.2 Å². The zero-order valence-corrected chi connectivity index (χ0v) is 10.4. The van der Waals surface area contributed by atoms with Gasteiger partial charge in [0.15, 0.2) is 0 Å². The van der Waals surface area contributed by atoms with Crippen molar-refractivity contribution in [2.24, 2.45) is 0 Å². The van der Waals surface area contributed by atoms with Crippen LogP contribution in [-0.2, 0) is 9.09 Å². The van der Waals surface area contributed by atoms with E-state index in [9.17, 15) is 4.57 Å². The Kier molecular flexibility index (Phi) is 4.37. The molecule has 1 aromatic carbocycles. The van der Waals surface area contributed by atoms with Crippen LogP contribution < -0.4 is 4.90 Å². The van der Waals surface area contributed by atoms with Gasteiger partial charge in [-0.05, 0) is 19.1 Å². The molecular weight excluding hydrogens is 209 g/mol.